The first-order valence-electron chi connectivity index (χ1n) is 12.4. The number of hydrogen-bond donors (Lipinski definition) is 0. The minimum atomic E-state index is -0.519. The largest absolute Gasteiger partial charge is 0.464 e. The van der Waals surface area contributed by atoms with Crippen molar-refractivity contribution in [2.75, 3.05) is 13.2 Å². The first kappa shape index (κ1) is 25.4. The number of halogens is 1. The number of rotatable bonds is 15. The zero-order chi connectivity index (χ0) is 22.3. The summed E-state index contributed by atoms with van der Waals surface area (Å²) >= 11 is 0. The van der Waals surface area contributed by atoms with E-state index in [1.165, 1.54) is 88.5 Å². The maximum Gasteiger partial charge on any atom is 0.328 e. The first-order chi connectivity index (χ1) is 15.1. The third-order valence-electron chi connectivity index (χ3n) is 6.12. The third kappa shape index (κ3) is 9.40. The normalized spacial score (nSPS) is 15.9. The van der Waals surface area contributed by atoms with Crippen LogP contribution in [0.15, 0.2) is 24.3 Å². The number of nitrogens with zero attached hydrogens (tertiary/aromatic N) is 1. The van der Waals surface area contributed by atoms with E-state index in [-0.39, 0.29) is 17.7 Å². The quantitative estimate of drug-likeness (QED) is 0.229. The highest BCUT2D eigenvalue weighted by Gasteiger charge is 2.35. The molecule has 1 unspecified atom stereocenters. The molecule has 0 aliphatic carbocycles. The van der Waals surface area contributed by atoms with Crippen LogP contribution in [0.2, 0.25) is 0 Å². The zero-order valence-corrected chi connectivity index (χ0v) is 19.3. The van der Waals surface area contributed by atoms with Crippen molar-refractivity contribution in [3.8, 4) is 0 Å². The van der Waals surface area contributed by atoms with Gasteiger partial charge in [-0.2, -0.15) is 0 Å². The van der Waals surface area contributed by atoms with E-state index in [2.05, 4.69) is 6.92 Å². The van der Waals surface area contributed by atoms with E-state index in [0.717, 1.165) is 19.3 Å². The molecular formula is C26H40FNO3. The van der Waals surface area contributed by atoms with Crippen molar-refractivity contribution in [1.29, 1.82) is 0 Å². The van der Waals surface area contributed by atoms with Crippen molar-refractivity contribution >= 4 is 11.9 Å². The second-order valence-corrected chi connectivity index (χ2v) is 8.72. The van der Waals surface area contributed by atoms with Gasteiger partial charge in [0.1, 0.15) is 11.9 Å². The maximum absolute atomic E-state index is 13.1. The van der Waals surface area contributed by atoms with Gasteiger partial charge >= 0.3 is 5.97 Å². The standard InChI is InChI=1S/C26H40FNO3/c1-2-3-4-5-6-7-8-9-10-11-12-13-21-31-26(30)24-15-14-20-28(24)25(29)22-16-18-23(27)19-17-22/h16-19,24H,2-15,20-21H2,1H3. The van der Waals surface area contributed by atoms with Gasteiger partial charge in [-0.1, -0.05) is 77.6 Å². The fourth-order valence-electron chi connectivity index (χ4n) is 4.23. The van der Waals surface area contributed by atoms with E-state index in [4.69, 9.17) is 4.74 Å². The second kappa shape index (κ2) is 15.0. The van der Waals surface area contributed by atoms with Crippen LogP contribution >= 0.6 is 0 Å². The van der Waals surface area contributed by atoms with Gasteiger partial charge in [-0.15, -0.1) is 0 Å². The van der Waals surface area contributed by atoms with Crippen molar-refractivity contribution < 1.29 is 18.7 Å². The molecule has 1 fully saturated rings. The highest BCUT2D eigenvalue weighted by Crippen LogP contribution is 2.22. The number of carbonyl (C=O) groups excluding carboxylic acids is 2. The summed E-state index contributed by atoms with van der Waals surface area (Å²) in [5, 5.41) is 0. The topological polar surface area (TPSA) is 46.6 Å². The van der Waals surface area contributed by atoms with E-state index in [9.17, 15) is 14.0 Å². The Morgan fingerprint density at radius 1 is 0.903 bits per heavy atom. The molecule has 174 valence electrons. The molecule has 0 radical (unpaired) electrons. The number of ether oxygens (including phenoxy) is 1. The van der Waals surface area contributed by atoms with Gasteiger partial charge < -0.3 is 9.64 Å². The second-order valence-electron chi connectivity index (χ2n) is 8.72. The molecule has 2 rings (SSSR count). The number of unbranched alkanes of at least 4 members (excludes halogenated alkanes) is 11. The molecule has 0 aromatic heterocycles. The van der Waals surface area contributed by atoms with Gasteiger partial charge in [0.25, 0.3) is 5.91 Å². The summed E-state index contributed by atoms with van der Waals surface area (Å²) in [5.41, 5.74) is 0.405. The summed E-state index contributed by atoms with van der Waals surface area (Å²) in [6, 6.07) is 4.94. The lowest BCUT2D eigenvalue weighted by molar-refractivity contribution is -0.148. The van der Waals surface area contributed by atoms with Gasteiger partial charge in [-0.05, 0) is 43.5 Å². The summed E-state index contributed by atoms with van der Waals surface area (Å²) in [7, 11) is 0. The van der Waals surface area contributed by atoms with Crippen molar-refractivity contribution in [3.05, 3.63) is 35.6 Å². The lowest BCUT2D eigenvalue weighted by atomic mass is 10.1. The summed E-state index contributed by atoms with van der Waals surface area (Å²) in [6.45, 7) is 3.21. The Morgan fingerprint density at radius 3 is 2.03 bits per heavy atom. The Kier molecular flexibility index (Phi) is 12.3. The minimum absolute atomic E-state index is 0.232. The highest BCUT2D eigenvalue weighted by molar-refractivity contribution is 5.97. The Morgan fingerprint density at radius 2 is 1.45 bits per heavy atom. The number of hydrogen-bond acceptors (Lipinski definition) is 3. The monoisotopic (exact) mass is 433 g/mol. The van der Waals surface area contributed by atoms with Crippen LogP contribution in [0.4, 0.5) is 4.39 Å². The van der Waals surface area contributed by atoms with Crippen molar-refractivity contribution in [2.24, 2.45) is 0 Å². The Hall–Kier alpha value is -1.91. The van der Waals surface area contributed by atoms with Crippen molar-refractivity contribution in [1.82, 2.24) is 4.90 Å². The van der Waals surface area contributed by atoms with Crippen LogP contribution in [-0.2, 0) is 9.53 Å². The first-order valence-corrected chi connectivity index (χ1v) is 12.4. The SMILES string of the molecule is CCCCCCCCCCCCCCOC(=O)C1CCCN1C(=O)c1ccc(F)cc1. The predicted octanol–water partition coefficient (Wildman–Crippen LogP) is 6.67. The number of benzene rings is 1. The zero-order valence-electron chi connectivity index (χ0n) is 19.3. The number of amides is 1. The van der Waals surface area contributed by atoms with Crippen LogP contribution in [-0.4, -0.2) is 36.0 Å². The number of carbonyl (C=O) groups is 2. The summed E-state index contributed by atoms with van der Waals surface area (Å²) in [6.07, 6.45) is 16.6. The van der Waals surface area contributed by atoms with E-state index in [0.29, 0.717) is 25.1 Å². The molecule has 1 aliphatic heterocycles. The molecule has 1 atom stereocenters. The van der Waals surface area contributed by atoms with E-state index in [1.807, 2.05) is 0 Å². The lowest BCUT2D eigenvalue weighted by Gasteiger charge is -2.23. The van der Waals surface area contributed by atoms with E-state index < -0.39 is 6.04 Å². The van der Waals surface area contributed by atoms with Gasteiger partial charge in [0, 0.05) is 12.1 Å². The number of esters is 1. The van der Waals surface area contributed by atoms with Crippen LogP contribution in [0.5, 0.6) is 0 Å². The molecular weight excluding hydrogens is 393 g/mol. The van der Waals surface area contributed by atoms with E-state index >= 15 is 0 Å². The van der Waals surface area contributed by atoms with Crippen LogP contribution in [0.3, 0.4) is 0 Å². The maximum atomic E-state index is 13.1. The Balaban J connectivity index is 1.54. The highest BCUT2D eigenvalue weighted by atomic mass is 19.1. The van der Waals surface area contributed by atoms with Crippen LogP contribution < -0.4 is 0 Å². The van der Waals surface area contributed by atoms with Gasteiger partial charge in [0.05, 0.1) is 6.61 Å². The molecule has 5 heteroatoms. The molecule has 0 N–H and O–H groups in total. The number of likely N-dealkylation sites (tertiary alicyclic amines) is 1. The average molecular weight is 434 g/mol. The molecule has 31 heavy (non-hydrogen) atoms. The molecule has 4 nitrogen and oxygen atoms in total. The lowest BCUT2D eigenvalue weighted by Crippen LogP contribution is -2.41. The van der Waals surface area contributed by atoms with Gasteiger partial charge in [0.15, 0.2) is 0 Å². The van der Waals surface area contributed by atoms with E-state index in [1.54, 1.807) is 4.90 Å². The van der Waals surface area contributed by atoms with Crippen molar-refractivity contribution in [3.63, 3.8) is 0 Å². The van der Waals surface area contributed by atoms with Gasteiger partial charge in [-0.25, -0.2) is 9.18 Å². The van der Waals surface area contributed by atoms with Crippen LogP contribution in [0.1, 0.15) is 107 Å². The predicted molar refractivity (Wildman–Crippen MR) is 122 cm³/mol. The van der Waals surface area contributed by atoms with Crippen molar-refractivity contribution in [2.45, 2.75) is 103 Å². The fraction of sp³-hybridized carbons (Fsp3) is 0.692. The fourth-order valence-corrected chi connectivity index (χ4v) is 4.23. The molecule has 0 spiro atoms. The van der Waals surface area contributed by atoms with Gasteiger partial charge in [-0.3, -0.25) is 4.79 Å². The summed E-state index contributed by atoms with van der Waals surface area (Å²) in [5.74, 6) is -0.919. The molecule has 0 bridgehead atoms. The van der Waals surface area contributed by atoms with Gasteiger partial charge in [0.2, 0.25) is 0 Å². The molecule has 1 aliphatic rings. The minimum Gasteiger partial charge on any atom is -0.464 e. The smallest absolute Gasteiger partial charge is 0.328 e. The van der Waals surface area contributed by atoms with Crippen LogP contribution in [0.25, 0.3) is 0 Å². The average Bonchev–Trinajstić information content (AvgIpc) is 3.27. The Labute approximate surface area is 187 Å². The third-order valence-corrected chi connectivity index (χ3v) is 6.12. The Bertz CT molecular complexity index is 647. The molecule has 1 heterocycles. The van der Waals surface area contributed by atoms with Crippen LogP contribution in [0, 0.1) is 5.82 Å². The molecule has 0 saturated carbocycles. The molecule has 1 amide bonds. The summed E-state index contributed by atoms with van der Waals surface area (Å²) in [4.78, 5) is 26.7. The molecule has 1 aromatic carbocycles. The molecule has 1 saturated heterocycles. The molecule has 1 aromatic rings. The summed E-state index contributed by atoms with van der Waals surface area (Å²) < 4.78 is 18.6.